The molecule has 6 heteroatoms. The molecule has 164 valence electrons. The molecule has 0 aliphatic heterocycles. The van der Waals surface area contributed by atoms with Crippen molar-refractivity contribution in [1.82, 2.24) is 0 Å². The van der Waals surface area contributed by atoms with Crippen molar-refractivity contribution in [2.45, 2.75) is 53.1 Å². The maximum Gasteiger partial charge on any atom is 0.392 e. The van der Waals surface area contributed by atoms with Crippen LogP contribution in [0.15, 0.2) is 42.5 Å². The number of aryl methyl sites for hydroxylation is 3. The van der Waals surface area contributed by atoms with E-state index >= 15 is 0 Å². The molecule has 1 amide bonds. The molecule has 0 bridgehead atoms. The van der Waals surface area contributed by atoms with E-state index in [4.69, 9.17) is 0 Å². The van der Waals surface area contributed by atoms with Crippen LogP contribution in [-0.2, 0) is 11.2 Å². The smallest absolute Gasteiger partial charge is 0.372 e. The lowest BCUT2D eigenvalue weighted by atomic mass is 9.95. The van der Waals surface area contributed by atoms with Crippen LogP contribution in [0.3, 0.4) is 0 Å². The fourth-order valence-electron chi connectivity index (χ4n) is 3.48. The predicted octanol–water partition coefficient (Wildman–Crippen LogP) is 6.29. The van der Waals surface area contributed by atoms with E-state index in [1.165, 1.54) is 0 Å². The predicted molar refractivity (Wildman–Crippen MR) is 117 cm³/mol. The van der Waals surface area contributed by atoms with Gasteiger partial charge in [-0.3, -0.25) is 4.79 Å². The highest BCUT2D eigenvalue weighted by Crippen LogP contribution is 2.33. The van der Waals surface area contributed by atoms with E-state index in [-0.39, 0.29) is 12.8 Å². The largest absolute Gasteiger partial charge is 0.392 e. The Kier molecular flexibility index (Phi) is 8.33. The minimum Gasteiger partial charge on any atom is -0.372 e. The van der Waals surface area contributed by atoms with Crippen molar-refractivity contribution in [1.29, 1.82) is 0 Å². The summed E-state index contributed by atoms with van der Waals surface area (Å²) in [5.41, 5.74) is 4.32. The Morgan fingerprint density at radius 2 is 1.67 bits per heavy atom. The molecule has 1 N–H and O–H groups in total. The van der Waals surface area contributed by atoms with Crippen LogP contribution in [0.25, 0.3) is 0 Å². The standard InChI is InChI=1S/C24H31F3N2O/c1-5-29(6-2)21-13-14-22(18(4)15-21)28-23(30)16-20(24(25,26)27)12-11-19-9-7-17(3)8-10-19/h7-10,13-15,20H,5-6,11-12,16H2,1-4H3,(H,28,30). The zero-order valence-corrected chi connectivity index (χ0v) is 18.1. The monoisotopic (exact) mass is 420 g/mol. The van der Waals surface area contributed by atoms with Gasteiger partial charge in [0.2, 0.25) is 5.91 Å². The number of carbonyl (C=O) groups excluding carboxylic acids is 1. The lowest BCUT2D eigenvalue weighted by Crippen LogP contribution is -2.28. The van der Waals surface area contributed by atoms with Crippen molar-refractivity contribution in [3.05, 3.63) is 59.2 Å². The molecule has 30 heavy (non-hydrogen) atoms. The lowest BCUT2D eigenvalue weighted by Gasteiger charge is -2.23. The molecule has 1 atom stereocenters. The third kappa shape index (κ3) is 6.78. The number of benzene rings is 2. The summed E-state index contributed by atoms with van der Waals surface area (Å²) in [5.74, 6) is -2.28. The summed E-state index contributed by atoms with van der Waals surface area (Å²) in [6, 6.07) is 13.0. The van der Waals surface area contributed by atoms with Crippen LogP contribution < -0.4 is 10.2 Å². The van der Waals surface area contributed by atoms with Crippen molar-refractivity contribution in [2.24, 2.45) is 5.92 Å². The average Bonchev–Trinajstić information content (AvgIpc) is 2.68. The summed E-state index contributed by atoms with van der Waals surface area (Å²) in [4.78, 5) is 14.6. The van der Waals surface area contributed by atoms with Gasteiger partial charge in [0.05, 0.1) is 5.92 Å². The molecule has 0 heterocycles. The fourth-order valence-corrected chi connectivity index (χ4v) is 3.48. The molecule has 0 saturated carbocycles. The van der Waals surface area contributed by atoms with Gasteiger partial charge in [-0.1, -0.05) is 29.8 Å². The third-order valence-electron chi connectivity index (χ3n) is 5.41. The van der Waals surface area contributed by atoms with Gasteiger partial charge in [0.25, 0.3) is 0 Å². The summed E-state index contributed by atoms with van der Waals surface area (Å²) >= 11 is 0. The van der Waals surface area contributed by atoms with Crippen LogP contribution in [0.5, 0.6) is 0 Å². The molecule has 0 fully saturated rings. The van der Waals surface area contributed by atoms with Crippen LogP contribution in [0.4, 0.5) is 24.5 Å². The van der Waals surface area contributed by atoms with Crippen LogP contribution >= 0.6 is 0 Å². The number of hydrogen-bond donors (Lipinski definition) is 1. The van der Waals surface area contributed by atoms with Crippen LogP contribution in [-0.4, -0.2) is 25.2 Å². The number of hydrogen-bond acceptors (Lipinski definition) is 2. The summed E-state index contributed by atoms with van der Waals surface area (Å²) in [7, 11) is 0. The second-order valence-electron chi connectivity index (χ2n) is 7.69. The van der Waals surface area contributed by atoms with Crippen molar-refractivity contribution in [3.63, 3.8) is 0 Å². The van der Waals surface area contributed by atoms with E-state index in [2.05, 4.69) is 24.1 Å². The molecule has 0 radical (unpaired) electrons. The van der Waals surface area contributed by atoms with E-state index in [0.29, 0.717) is 5.69 Å². The van der Waals surface area contributed by atoms with Gasteiger partial charge in [-0.05, 0) is 69.9 Å². The average molecular weight is 421 g/mol. The molecule has 0 saturated heterocycles. The van der Waals surface area contributed by atoms with E-state index in [0.717, 1.165) is 35.5 Å². The Balaban J connectivity index is 2.02. The maximum atomic E-state index is 13.5. The van der Waals surface area contributed by atoms with Crippen molar-refractivity contribution >= 4 is 17.3 Å². The van der Waals surface area contributed by atoms with E-state index in [1.807, 2.05) is 50.2 Å². The zero-order chi connectivity index (χ0) is 22.3. The number of amides is 1. The molecule has 2 aromatic carbocycles. The summed E-state index contributed by atoms with van der Waals surface area (Å²) in [6.07, 6.45) is -4.81. The number of alkyl halides is 3. The van der Waals surface area contributed by atoms with Gasteiger partial charge in [0, 0.05) is 30.9 Å². The first kappa shape index (κ1) is 23.8. The molecular weight excluding hydrogens is 389 g/mol. The Bertz CT molecular complexity index is 827. The van der Waals surface area contributed by atoms with Gasteiger partial charge in [0.1, 0.15) is 0 Å². The first-order valence-corrected chi connectivity index (χ1v) is 10.4. The Labute approximate surface area is 177 Å². The van der Waals surface area contributed by atoms with Crippen LogP contribution in [0, 0.1) is 19.8 Å². The summed E-state index contributed by atoms with van der Waals surface area (Å²) in [6.45, 7) is 9.61. The van der Waals surface area contributed by atoms with E-state index < -0.39 is 24.4 Å². The fraction of sp³-hybridized carbons (Fsp3) is 0.458. The van der Waals surface area contributed by atoms with Gasteiger partial charge < -0.3 is 10.2 Å². The number of carbonyl (C=O) groups is 1. The Hall–Kier alpha value is -2.50. The minimum absolute atomic E-state index is 0.111. The maximum absolute atomic E-state index is 13.5. The molecule has 0 aromatic heterocycles. The molecule has 2 aromatic rings. The van der Waals surface area contributed by atoms with Crippen LogP contribution in [0.2, 0.25) is 0 Å². The van der Waals surface area contributed by atoms with Crippen molar-refractivity contribution < 1.29 is 18.0 Å². The van der Waals surface area contributed by atoms with Gasteiger partial charge in [0.15, 0.2) is 0 Å². The molecular formula is C24H31F3N2O. The van der Waals surface area contributed by atoms with Crippen molar-refractivity contribution in [3.8, 4) is 0 Å². The lowest BCUT2D eigenvalue weighted by molar-refractivity contribution is -0.179. The zero-order valence-electron chi connectivity index (χ0n) is 18.1. The number of nitrogens with zero attached hydrogens (tertiary/aromatic N) is 1. The number of anilines is 2. The highest BCUT2D eigenvalue weighted by molar-refractivity contribution is 5.92. The highest BCUT2D eigenvalue weighted by Gasteiger charge is 2.40. The Morgan fingerprint density at radius 1 is 1.03 bits per heavy atom. The van der Waals surface area contributed by atoms with Gasteiger partial charge in [-0.15, -0.1) is 0 Å². The normalized spacial score (nSPS) is 12.5. The minimum atomic E-state index is -4.41. The van der Waals surface area contributed by atoms with Gasteiger partial charge in [-0.2, -0.15) is 13.2 Å². The van der Waals surface area contributed by atoms with E-state index in [1.54, 1.807) is 6.07 Å². The summed E-state index contributed by atoms with van der Waals surface area (Å²) < 4.78 is 40.5. The van der Waals surface area contributed by atoms with Crippen molar-refractivity contribution in [2.75, 3.05) is 23.3 Å². The SMILES string of the molecule is CCN(CC)c1ccc(NC(=O)CC(CCc2ccc(C)cc2)C(F)(F)F)c(C)c1. The van der Waals surface area contributed by atoms with Gasteiger partial charge in [-0.25, -0.2) is 0 Å². The third-order valence-corrected chi connectivity index (χ3v) is 5.41. The van der Waals surface area contributed by atoms with Gasteiger partial charge >= 0.3 is 6.18 Å². The second kappa shape index (κ2) is 10.5. The van der Waals surface area contributed by atoms with Crippen LogP contribution in [0.1, 0.15) is 43.4 Å². The second-order valence-corrected chi connectivity index (χ2v) is 7.69. The Morgan fingerprint density at radius 3 is 2.20 bits per heavy atom. The number of rotatable bonds is 9. The molecule has 0 spiro atoms. The van der Waals surface area contributed by atoms with E-state index in [9.17, 15) is 18.0 Å². The number of halogens is 3. The molecule has 0 aliphatic carbocycles. The number of nitrogens with one attached hydrogen (secondary N) is 1. The highest BCUT2D eigenvalue weighted by atomic mass is 19.4. The topological polar surface area (TPSA) is 32.3 Å². The quantitative estimate of drug-likeness (QED) is 0.517. The summed E-state index contributed by atoms with van der Waals surface area (Å²) in [5, 5.41) is 2.66. The first-order valence-electron chi connectivity index (χ1n) is 10.4. The first-order chi connectivity index (χ1) is 14.1. The molecule has 1 unspecified atom stereocenters. The molecule has 2 rings (SSSR count). The molecule has 3 nitrogen and oxygen atoms in total. The molecule has 0 aliphatic rings.